The molecule has 2 rings (SSSR count). The van der Waals surface area contributed by atoms with Gasteiger partial charge in [0.2, 0.25) is 0 Å². The van der Waals surface area contributed by atoms with Crippen molar-refractivity contribution in [1.29, 1.82) is 0 Å². The van der Waals surface area contributed by atoms with E-state index in [1.165, 1.54) is 36.1 Å². The standard InChI is InChI=1S/C10H12N/c1-8-6-7-11-10(8)9-4-2-3-5-9/h4,6-7H,2-3,5H2,1H3. The predicted octanol–water partition coefficient (Wildman–Crippen LogP) is 2.50. The number of hydrogen-bond donors (Lipinski definition) is 0. The number of allylic oxidation sites excluding steroid dienone is 4. The maximum absolute atomic E-state index is 4.33. The average Bonchev–Trinajstić information content (AvgIpc) is 2.55. The summed E-state index contributed by atoms with van der Waals surface area (Å²) in [6, 6.07) is 0. The summed E-state index contributed by atoms with van der Waals surface area (Å²) in [7, 11) is 0. The summed E-state index contributed by atoms with van der Waals surface area (Å²) in [5.41, 5.74) is 3.99. The Kier molecular flexibility index (Phi) is 1.57. The summed E-state index contributed by atoms with van der Waals surface area (Å²) in [5, 5.41) is 4.33. The summed E-state index contributed by atoms with van der Waals surface area (Å²) in [6.45, 7) is 2.13. The molecule has 0 aromatic carbocycles. The van der Waals surface area contributed by atoms with E-state index in [1.54, 1.807) is 0 Å². The van der Waals surface area contributed by atoms with Gasteiger partial charge in [-0.05, 0) is 43.4 Å². The molecule has 0 saturated heterocycles. The second-order valence-electron chi connectivity index (χ2n) is 3.10. The maximum Gasteiger partial charge on any atom is 0.0688 e. The molecule has 0 aromatic rings. The minimum Gasteiger partial charge on any atom is -0.256 e. The zero-order chi connectivity index (χ0) is 7.68. The van der Waals surface area contributed by atoms with Crippen molar-refractivity contribution in [3.63, 3.8) is 0 Å². The highest BCUT2D eigenvalue weighted by atomic mass is 14.9. The predicted molar refractivity (Wildman–Crippen MR) is 45.9 cm³/mol. The molecule has 1 aliphatic heterocycles. The minimum atomic E-state index is 1.22. The monoisotopic (exact) mass is 146 g/mol. The molecule has 2 aliphatic rings. The van der Waals surface area contributed by atoms with Gasteiger partial charge in [-0.3, -0.25) is 5.32 Å². The molecular weight excluding hydrogens is 134 g/mol. The molecule has 0 unspecified atom stereocenters. The van der Waals surface area contributed by atoms with Gasteiger partial charge in [0.1, 0.15) is 0 Å². The third kappa shape index (κ3) is 1.11. The Hall–Kier alpha value is -0.980. The first-order chi connectivity index (χ1) is 5.38. The van der Waals surface area contributed by atoms with Crippen LogP contribution in [0, 0.1) is 0 Å². The fraction of sp³-hybridized carbons (Fsp3) is 0.400. The van der Waals surface area contributed by atoms with E-state index in [2.05, 4.69) is 24.4 Å². The molecular formula is C10H12N. The molecule has 0 N–H and O–H groups in total. The largest absolute Gasteiger partial charge is 0.256 e. The van der Waals surface area contributed by atoms with E-state index in [0.29, 0.717) is 0 Å². The van der Waals surface area contributed by atoms with E-state index in [4.69, 9.17) is 0 Å². The van der Waals surface area contributed by atoms with Crippen LogP contribution in [0.15, 0.2) is 35.2 Å². The van der Waals surface area contributed by atoms with Gasteiger partial charge in [0.05, 0.1) is 5.70 Å². The molecule has 0 saturated carbocycles. The van der Waals surface area contributed by atoms with Crippen LogP contribution in [0.4, 0.5) is 0 Å². The highest BCUT2D eigenvalue weighted by molar-refractivity contribution is 5.43. The Labute approximate surface area is 67.5 Å². The van der Waals surface area contributed by atoms with E-state index < -0.39 is 0 Å². The lowest BCUT2D eigenvalue weighted by Crippen LogP contribution is -1.95. The first-order valence-electron chi connectivity index (χ1n) is 4.15. The van der Waals surface area contributed by atoms with Gasteiger partial charge in [0.15, 0.2) is 0 Å². The molecule has 0 bridgehead atoms. The summed E-state index contributed by atoms with van der Waals surface area (Å²) in [4.78, 5) is 0. The topological polar surface area (TPSA) is 14.1 Å². The Balaban J connectivity index is 2.23. The minimum absolute atomic E-state index is 1.22. The Bertz CT molecular complexity index is 256. The third-order valence-electron chi connectivity index (χ3n) is 2.25. The summed E-state index contributed by atoms with van der Waals surface area (Å²) in [5.74, 6) is 0. The van der Waals surface area contributed by atoms with Crippen LogP contribution in [-0.4, -0.2) is 0 Å². The zero-order valence-corrected chi connectivity index (χ0v) is 6.80. The number of rotatable bonds is 1. The number of nitrogens with zero attached hydrogens (tertiary/aromatic N) is 1. The van der Waals surface area contributed by atoms with Crippen LogP contribution in [-0.2, 0) is 0 Å². The normalized spacial score (nSPS) is 22.5. The van der Waals surface area contributed by atoms with E-state index in [-0.39, 0.29) is 0 Å². The van der Waals surface area contributed by atoms with Gasteiger partial charge < -0.3 is 0 Å². The molecule has 1 nitrogen and oxygen atoms in total. The lowest BCUT2D eigenvalue weighted by atomic mass is 10.1. The van der Waals surface area contributed by atoms with E-state index in [1.807, 2.05) is 6.20 Å². The molecule has 0 fully saturated rings. The summed E-state index contributed by atoms with van der Waals surface area (Å²) >= 11 is 0. The van der Waals surface area contributed by atoms with Gasteiger partial charge >= 0.3 is 0 Å². The lowest BCUT2D eigenvalue weighted by molar-refractivity contribution is 0.894. The first-order valence-corrected chi connectivity index (χ1v) is 4.15. The molecule has 1 heteroatoms. The van der Waals surface area contributed by atoms with Crippen molar-refractivity contribution in [2.45, 2.75) is 26.2 Å². The molecule has 1 aliphatic carbocycles. The molecule has 11 heavy (non-hydrogen) atoms. The van der Waals surface area contributed by atoms with Crippen molar-refractivity contribution >= 4 is 0 Å². The lowest BCUT2D eigenvalue weighted by Gasteiger charge is -2.02. The van der Waals surface area contributed by atoms with Crippen molar-refractivity contribution in [2.24, 2.45) is 0 Å². The molecule has 1 radical (unpaired) electrons. The van der Waals surface area contributed by atoms with Gasteiger partial charge in [-0.25, -0.2) is 0 Å². The van der Waals surface area contributed by atoms with Crippen LogP contribution >= 0.6 is 0 Å². The smallest absolute Gasteiger partial charge is 0.0688 e. The Morgan fingerprint density at radius 1 is 1.45 bits per heavy atom. The molecule has 0 aromatic heterocycles. The van der Waals surface area contributed by atoms with Crippen molar-refractivity contribution < 1.29 is 0 Å². The second-order valence-corrected chi connectivity index (χ2v) is 3.10. The Morgan fingerprint density at radius 3 is 2.91 bits per heavy atom. The van der Waals surface area contributed by atoms with E-state index in [0.717, 1.165) is 0 Å². The van der Waals surface area contributed by atoms with Crippen molar-refractivity contribution in [1.82, 2.24) is 5.32 Å². The summed E-state index contributed by atoms with van der Waals surface area (Å²) in [6.07, 6.45) is 10.1. The van der Waals surface area contributed by atoms with Crippen molar-refractivity contribution in [3.05, 3.63) is 35.2 Å². The van der Waals surface area contributed by atoms with Crippen LogP contribution in [0.5, 0.6) is 0 Å². The van der Waals surface area contributed by atoms with E-state index in [9.17, 15) is 0 Å². The fourth-order valence-electron chi connectivity index (χ4n) is 1.63. The molecule has 0 amide bonds. The SMILES string of the molecule is CC1=C(C2=CCCC2)[N]C=C1. The van der Waals surface area contributed by atoms with Crippen LogP contribution in [0.2, 0.25) is 0 Å². The van der Waals surface area contributed by atoms with Gasteiger partial charge in [0, 0.05) is 6.20 Å². The van der Waals surface area contributed by atoms with Crippen molar-refractivity contribution in [2.75, 3.05) is 0 Å². The van der Waals surface area contributed by atoms with Crippen LogP contribution in [0.3, 0.4) is 0 Å². The molecule has 57 valence electrons. The van der Waals surface area contributed by atoms with Crippen LogP contribution in [0.1, 0.15) is 26.2 Å². The first kappa shape index (κ1) is 6.71. The summed E-state index contributed by atoms with van der Waals surface area (Å²) < 4.78 is 0. The Morgan fingerprint density at radius 2 is 2.36 bits per heavy atom. The third-order valence-corrected chi connectivity index (χ3v) is 2.25. The number of hydrogen-bond acceptors (Lipinski definition) is 0. The van der Waals surface area contributed by atoms with Crippen molar-refractivity contribution in [3.8, 4) is 0 Å². The zero-order valence-electron chi connectivity index (χ0n) is 6.80. The van der Waals surface area contributed by atoms with Gasteiger partial charge in [-0.2, -0.15) is 0 Å². The molecule has 0 atom stereocenters. The second kappa shape index (κ2) is 2.57. The van der Waals surface area contributed by atoms with E-state index >= 15 is 0 Å². The highest BCUT2D eigenvalue weighted by Gasteiger charge is 2.14. The maximum atomic E-state index is 4.33. The quantitative estimate of drug-likeness (QED) is 0.539. The molecule has 0 spiro atoms. The van der Waals surface area contributed by atoms with Gasteiger partial charge in [-0.15, -0.1) is 0 Å². The van der Waals surface area contributed by atoms with Crippen LogP contribution in [0.25, 0.3) is 0 Å². The van der Waals surface area contributed by atoms with Gasteiger partial charge in [0.25, 0.3) is 0 Å². The average molecular weight is 146 g/mol. The van der Waals surface area contributed by atoms with Gasteiger partial charge in [-0.1, -0.05) is 6.08 Å². The molecule has 1 heterocycles. The highest BCUT2D eigenvalue weighted by Crippen LogP contribution is 2.28. The van der Waals surface area contributed by atoms with Crippen LogP contribution < -0.4 is 5.32 Å². The fourth-order valence-corrected chi connectivity index (χ4v) is 1.63.